The van der Waals surface area contributed by atoms with Gasteiger partial charge in [-0.2, -0.15) is 0 Å². The van der Waals surface area contributed by atoms with Gasteiger partial charge < -0.3 is 25.4 Å². The number of fused-ring (bicyclic) bond motifs is 3. The fourth-order valence-corrected chi connectivity index (χ4v) is 5.20. The van der Waals surface area contributed by atoms with E-state index in [1.807, 2.05) is 31.3 Å². The summed E-state index contributed by atoms with van der Waals surface area (Å²) in [5, 5.41) is 15.0. The Hall–Kier alpha value is -3.39. The lowest BCUT2D eigenvalue weighted by Crippen LogP contribution is -2.56. The number of carboxylic acids is 1. The van der Waals surface area contributed by atoms with Crippen molar-refractivity contribution in [3.8, 4) is 11.1 Å². The topological polar surface area (TPSA) is 108 Å². The van der Waals surface area contributed by atoms with Crippen LogP contribution in [-0.4, -0.2) is 66.3 Å². The van der Waals surface area contributed by atoms with Crippen LogP contribution in [0.1, 0.15) is 49.7 Å². The quantitative estimate of drug-likeness (QED) is 0.536. The summed E-state index contributed by atoms with van der Waals surface area (Å²) in [5.41, 5.74) is 3.84. The predicted molar refractivity (Wildman–Crippen MR) is 132 cm³/mol. The summed E-state index contributed by atoms with van der Waals surface area (Å²) in [5.74, 6) is -1.24. The summed E-state index contributed by atoms with van der Waals surface area (Å²) in [6.07, 6.45) is 0.514. The number of carbonyl (C=O) groups excluding carboxylic acids is 2. The number of rotatable bonds is 8. The SMILES string of the molecule is CC(CC(=O)NC1(CC(=O)O)CCN(C)CC1)NC(=O)OCC1c2ccccc2-c2ccccc21. The maximum atomic E-state index is 12.7. The fourth-order valence-electron chi connectivity index (χ4n) is 5.20. The van der Waals surface area contributed by atoms with Gasteiger partial charge in [0.1, 0.15) is 6.61 Å². The number of hydrogen-bond donors (Lipinski definition) is 3. The van der Waals surface area contributed by atoms with Crippen molar-refractivity contribution in [3.05, 3.63) is 59.7 Å². The number of carbonyl (C=O) groups is 3. The van der Waals surface area contributed by atoms with Crippen LogP contribution < -0.4 is 10.6 Å². The molecule has 0 bridgehead atoms. The van der Waals surface area contributed by atoms with Crippen LogP contribution in [0.25, 0.3) is 11.1 Å². The number of nitrogens with zero attached hydrogens (tertiary/aromatic N) is 1. The molecular weight excluding hydrogens is 446 g/mol. The summed E-state index contributed by atoms with van der Waals surface area (Å²) in [6, 6.07) is 15.8. The van der Waals surface area contributed by atoms with Crippen molar-refractivity contribution >= 4 is 18.0 Å². The van der Waals surface area contributed by atoms with E-state index in [0.717, 1.165) is 35.3 Å². The van der Waals surface area contributed by atoms with Gasteiger partial charge in [0.05, 0.1) is 12.0 Å². The molecule has 4 rings (SSSR count). The van der Waals surface area contributed by atoms with Gasteiger partial charge in [-0.05, 0) is 49.1 Å². The van der Waals surface area contributed by atoms with Crippen LogP contribution in [0, 0.1) is 0 Å². The van der Waals surface area contributed by atoms with E-state index in [-0.39, 0.29) is 31.3 Å². The molecule has 8 nitrogen and oxygen atoms in total. The van der Waals surface area contributed by atoms with Gasteiger partial charge >= 0.3 is 12.1 Å². The Morgan fingerprint density at radius 2 is 1.63 bits per heavy atom. The molecule has 3 N–H and O–H groups in total. The second-order valence-corrected chi connectivity index (χ2v) is 9.78. The van der Waals surface area contributed by atoms with E-state index in [4.69, 9.17) is 4.74 Å². The molecule has 1 aliphatic heterocycles. The Balaban J connectivity index is 1.30. The number of amides is 2. The van der Waals surface area contributed by atoms with E-state index in [1.54, 1.807) is 6.92 Å². The molecule has 0 spiro atoms. The van der Waals surface area contributed by atoms with Crippen LogP contribution in [0.5, 0.6) is 0 Å². The van der Waals surface area contributed by atoms with Crippen LogP contribution in [0.2, 0.25) is 0 Å². The normalized spacial score (nSPS) is 17.7. The van der Waals surface area contributed by atoms with Gasteiger partial charge in [-0.1, -0.05) is 48.5 Å². The first-order chi connectivity index (χ1) is 16.8. The Kier molecular flexibility index (Phi) is 7.40. The minimum absolute atomic E-state index is 0.0351. The van der Waals surface area contributed by atoms with Crippen molar-refractivity contribution in [1.29, 1.82) is 0 Å². The Morgan fingerprint density at radius 1 is 1.06 bits per heavy atom. The summed E-state index contributed by atoms with van der Waals surface area (Å²) in [4.78, 5) is 38.7. The van der Waals surface area contributed by atoms with Crippen LogP contribution in [0.4, 0.5) is 4.79 Å². The zero-order valence-electron chi connectivity index (χ0n) is 20.3. The van der Waals surface area contributed by atoms with Crippen LogP contribution >= 0.6 is 0 Å². The molecule has 1 unspecified atom stereocenters. The van der Waals surface area contributed by atoms with Gasteiger partial charge in [-0.3, -0.25) is 9.59 Å². The summed E-state index contributed by atoms with van der Waals surface area (Å²) in [6.45, 7) is 3.38. The van der Waals surface area contributed by atoms with Crippen LogP contribution in [0.15, 0.2) is 48.5 Å². The number of nitrogens with one attached hydrogen (secondary N) is 2. The lowest BCUT2D eigenvalue weighted by molar-refractivity contribution is -0.139. The first-order valence-corrected chi connectivity index (χ1v) is 12.1. The molecule has 0 saturated carbocycles. The van der Waals surface area contributed by atoms with Gasteiger partial charge in [0.25, 0.3) is 0 Å². The monoisotopic (exact) mass is 479 g/mol. The van der Waals surface area contributed by atoms with Gasteiger partial charge in [0.15, 0.2) is 0 Å². The molecule has 1 aliphatic carbocycles. The number of aliphatic carboxylic acids is 1. The molecule has 1 fully saturated rings. The van der Waals surface area contributed by atoms with Crippen molar-refractivity contribution in [2.75, 3.05) is 26.7 Å². The molecule has 0 radical (unpaired) electrons. The predicted octanol–water partition coefficient (Wildman–Crippen LogP) is 3.36. The highest BCUT2D eigenvalue weighted by molar-refractivity contribution is 5.80. The van der Waals surface area contributed by atoms with Gasteiger partial charge in [-0.15, -0.1) is 0 Å². The molecule has 0 aromatic heterocycles. The standard InChI is InChI=1S/C27H33N3O5/c1-18(15-24(31)29-27(16-25(32)33)11-13-30(2)14-12-27)28-26(34)35-17-23-21-9-5-3-7-19(21)20-8-4-6-10-22(20)23/h3-10,18,23H,11-17H2,1-2H3,(H,28,34)(H,29,31)(H,32,33). The number of hydrogen-bond acceptors (Lipinski definition) is 5. The third-order valence-electron chi connectivity index (χ3n) is 7.04. The zero-order chi connectivity index (χ0) is 25.0. The molecule has 35 heavy (non-hydrogen) atoms. The van der Waals surface area contributed by atoms with Crippen molar-refractivity contribution in [1.82, 2.24) is 15.5 Å². The zero-order valence-corrected chi connectivity index (χ0v) is 20.3. The Bertz CT molecular complexity index is 1050. The number of benzene rings is 2. The summed E-state index contributed by atoms with van der Waals surface area (Å²) < 4.78 is 5.56. The Morgan fingerprint density at radius 3 is 2.20 bits per heavy atom. The molecule has 8 heteroatoms. The van der Waals surface area contributed by atoms with Crippen molar-refractivity contribution < 1.29 is 24.2 Å². The molecule has 2 aromatic rings. The number of alkyl carbamates (subject to hydrolysis) is 1. The molecule has 186 valence electrons. The highest BCUT2D eigenvalue weighted by Gasteiger charge is 2.37. The maximum absolute atomic E-state index is 12.7. The van der Waals surface area contributed by atoms with Crippen molar-refractivity contribution in [3.63, 3.8) is 0 Å². The van der Waals surface area contributed by atoms with Gasteiger partial charge in [-0.25, -0.2) is 4.79 Å². The van der Waals surface area contributed by atoms with Gasteiger partial charge in [0, 0.05) is 31.5 Å². The van der Waals surface area contributed by atoms with E-state index in [1.165, 1.54) is 0 Å². The lowest BCUT2D eigenvalue weighted by Gasteiger charge is -2.40. The average molecular weight is 480 g/mol. The second-order valence-electron chi connectivity index (χ2n) is 9.78. The highest BCUT2D eigenvalue weighted by atomic mass is 16.5. The molecule has 2 aliphatic rings. The van der Waals surface area contributed by atoms with Crippen molar-refractivity contribution in [2.24, 2.45) is 0 Å². The molecule has 1 saturated heterocycles. The second kappa shape index (κ2) is 10.5. The molecule has 1 heterocycles. The average Bonchev–Trinajstić information content (AvgIpc) is 3.13. The third kappa shape index (κ3) is 5.82. The van der Waals surface area contributed by atoms with E-state index in [0.29, 0.717) is 12.8 Å². The molecule has 2 aromatic carbocycles. The highest BCUT2D eigenvalue weighted by Crippen LogP contribution is 2.44. The molecule has 2 amide bonds. The van der Waals surface area contributed by atoms with E-state index < -0.39 is 23.6 Å². The Labute approximate surface area is 205 Å². The van der Waals surface area contributed by atoms with Gasteiger partial charge in [0.2, 0.25) is 5.91 Å². The first kappa shape index (κ1) is 24.7. The molecule has 1 atom stereocenters. The van der Waals surface area contributed by atoms with E-state index >= 15 is 0 Å². The largest absolute Gasteiger partial charge is 0.481 e. The van der Waals surface area contributed by atoms with Crippen LogP contribution in [0.3, 0.4) is 0 Å². The first-order valence-electron chi connectivity index (χ1n) is 12.1. The number of ether oxygens (including phenoxy) is 1. The number of carboxylic acid groups (broad SMARTS) is 1. The van der Waals surface area contributed by atoms with Crippen molar-refractivity contribution in [2.45, 2.75) is 50.1 Å². The van der Waals surface area contributed by atoms with E-state index in [2.05, 4.69) is 39.8 Å². The molecular formula is C27H33N3O5. The number of likely N-dealkylation sites (tertiary alicyclic amines) is 1. The summed E-state index contributed by atoms with van der Waals surface area (Å²) in [7, 11) is 1.98. The van der Waals surface area contributed by atoms with E-state index in [9.17, 15) is 19.5 Å². The minimum atomic E-state index is -0.931. The maximum Gasteiger partial charge on any atom is 0.407 e. The number of piperidine rings is 1. The smallest absolute Gasteiger partial charge is 0.407 e. The minimum Gasteiger partial charge on any atom is -0.481 e. The third-order valence-corrected chi connectivity index (χ3v) is 7.04. The fraction of sp³-hybridized carbons (Fsp3) is 0.444. The summed E-state index contributed by atoms with van der Waals surface area (Å²) >= 11 is 0. The van der Waals surface area contributed by atoms with Crippen LogP contribution in [-0.2, 0) is 14.3 Å². The lowest BCUT2D eigenvalue weighted by atomic mass is 9.84.